The molecule has 2 heteroatoms. The van der Waals surface area contributed by atoms with Crippen LogP contribution in [0, 0.1) is 11.8 Å². The Balaban J connectivity index is 2.10. The number of likely N-dealkylation sites (N-methyl/N-ethyl adjacent to an activating group) is 1. The van der Waals surface area contributed by atoms with Gasteiger partial charge in [0.2, 0.25) is 0 Å². The predicted octanol–water partition coefficient (Wildman–Crippen LogP) is 1.85. The van der Waals surface area contributed by atoms with Crippen molar-refractivity contribution in [1.29, 1.82) is 0 Å². The van der Waals surface area contributed by atoms with Gasteiger partial charge in [0.1, 0.15) is 0 Å². The summed E-state index contributed by atoms with van der Waals surface area (Å²) < 4.78 is 0. The quantitative estimate of drug-likeness (QED) is 0.743. The third-order valence-corrected chi connectivity index (χ3v) is 4.62. The van der Waals surface area contributed by atoms with Gasteiger partial charge >= 0.3 is 0 Å². The molecule has 2 N–H and O–H groups in total. The lowest BCUT2D eigenvalue weighted by Crippen LogP contribution is -2.55. The summed E-state index contributed by atoms with van der Waals surface area (Å²) in [4.78, 5) is 2.55. The van der Waals surface area contributed by atoms with Crippen LogP contribution in [0.5, 0.6) is 0 Å². The van der Waals surface area contributed by atoms with Gasteiger partial charge < -0.3 is 5.73 Å². The lowest BCUT2D eigenvalue weighted by Gasteiger charge is -2.44. The van der Waals surface area contributed by atoms with E-state index >= 15 is 0 Å². The van der Waals surface area contributed by atoms with Gasteiger partial charge in [-0.25, -0.2) is 0 Å². The first kappa shape index (κ1) is 10.4. The van der Waals surface area contributed by atoms with E-state index in [0.717, 1.165) is 18.4 Å². The summed E-state index contributed by atoms with van der Waals surface area (Å²) >= 11 is 0. The third-order valence-electron chi connectivity index (χ3n) is 4.62. The van der Waals surface area contributed by atoms with E-state index in [4.69, 9.17) is 5.73 Å². The van der Waals surface area contributed by atoms with Gasteiger partial charge in [-0.1, -0.05) is 13.3 Å². The molecule has 14 heavy (non-hydrogen) atoms. The van der Waals surface area contributed by atoms with E-state index in [2.05, 4.69) is 18.9 Å². The molecule has 0 aromatic rings. The van der Waals surface area contributed by atoms with E-state index in [-0.39, 0.29) is 0 Å². The van der Waals surface area contributed by atoms with Crippen molar-refractivity contribution in [3.05, 3.63) is 0 Å². The van der Waals surface area contributed by atoms with E-state index in [1.54, 1.807) is 0 Å². The molecule has 3 atom stereocenters. The second kappa shape index (κ2) is 3.82. The number of hydrogen-bond donors (Lipinski definition) is 1. The van der Waals surface area contributed by atoms with Crippen LogP contribution in [0.3, 0.4) is 0 Å². The zero-order valence-corrected chi connectivity index (χ0v) is 9.63. The number of hydrogen-bond acceptors (Lipinski definition) is 2. The molecule has 82 valence electrons. The number of nitrogens with zero attached hydrogens (tertiary/aromatic N) is 1. The summed E-state index contributed by atoms with van der Waals surface area (Å²) in [5.41, 5.74) is 6.42. The SMILES string of the molecule is CCCN(C)C1(CN)CC2CCC1C2. The van der Waals surface area contributed by atoms with Gasteiger partial charge in [0.25, 0.3) is 0 Å². The van der Waals surface area contributed by atoms with Crippen LogP contribution in [-0.4, -0.2) is 30.6 Å². The van der Waals surface area contributed by atoms with E-state index in [9.17, 15) is 0 Å². The van der Waals surface area contributed by atoms with Crippen molar-refractivity contribution in [3.8, 4) is 0 Å². The molecule has 0 aliphatic heterocycles. The van der Waals surface area contributed by atoms with Crippen LogP contribution in [-0.2, 0) is 0 Å². The highest BCUT2D eigenvalue weighted by Gasteiger charge is 2.51. The van der Waals surface area contributed by atoms with Gasteiger partial charge in [0.05, 0.1) is 0 Å². The van der Waals surface area contributed by atoms with Crippen molar-refractivity contribution in [1.82, 2.24) is 4.90 Å². The Morgan fingerprint density at radius 1 is 1.43 bits per heavy atom. The maximum Gasteiger partial charge on any atom is 0.0359 e. The third kappa shape index (κ3) is 1.40. The van der Waals surface area contributed by atoms with Crippen molar-refractivity contribution in [3.63, 3.8) is 0 Å². The Labute approximate surface area is 87.8 Å². The van der Waals surface area contributed by atoms with Gasteiger partial charge in [-0.05, 0) is 51.1 Å². The van der Waals surface area contributed by atoms with Gasteiger partial charge in [0, 0.05) is 12.1 Å². The minimum absolute atomic E-state index is 0.374. The first-order chi connectivity index (χ1) is 6.73. The van der Waals surface area contributed by atoms with Gasteiger partial charge in [0.15, 0.2) is 0 Å². The van der Waals surface area contributed by atoms with Crippen LogP contribution in [0.15, 0.2) is 0 Å². The fourth-order valence-corrected chi connectivity index (χ4v) is 3.85. The standard InChI is InChI=1S/C12H24N2/c1-3-6-14(2)12(9-13)8-10-4-5-11(12)7-10/h10-11H,3-9,13H2,1-2H3. The molecule has 0 saturated heterocycles. The van der Waals surface area contributed by atoms with Crippen molar-refractivity contribution in [2.24, 2.45) is 17.6 Å². The summed E-state index contributed by atoms with van der Waals surface area (Å²) in [5, 5.41) is 0. The predicted molar refractivity (Wildman–Crippen MR) is 60.2 cm³/mol. The minimum Gasteiger partial charge on any atom is -0.329 e. The molecule has 2 saturated carbocycles. The Hall–Kier alpha value is -0.0800. The van der Waals surface area contributed by atoms with Gasteiger partial charge in [-0.3, -0.25) is 4.90 Å². The van der Waals surface area contributed by atoms with Crippen molar-refractivity contribution < 1.29 is 0 Å². The molecule has 0 aromatic heterocycles. The number of fused-ring (bicyclic) bond motifs is 2. The summed E-state index contributed by atoms with van der Waals surface area (Å²) in [7, 11) is 2.27. The largest absolute Gasteiger partial charge is 0.329 e. The molecular weight excluding hydrogens is 172 g/mol. The topological polar surface area (TPSA) is 29.3 Å². The molecule has 0 radical (unpaired) electrons. The highest BCUT2D eigenvalue weighted by molar-refractivity contribution is 5.07. The highest BCUT2D eigenvalue weighted by atomic mass is 15.2. The van der Waals surface area contributed by atoms with Crippen molar-refractivity contribution >= 4 is 0 Å². The molecule has 0 aromatic carbocycles. The molecule has 2 fully saturated rings. The van der Waals surface area contributed by atoms with Crippen molar-refractivity contribution in [2.45, 2.75) is 44.6 Å². The second-order valence-electron chi connectivity index (χ2n) is 5.31. The average molecular weight is 196 g/mol. The molecule has 0 heterocycles. The monoisotopic (exact) mass is 196 g/mol. The number of nitrogens with two attached hydrogens (primary N) is 1. The van der Waals surface area contributed by atoms with E-state index in [1.807, 2.05) is 0 Å². The van der Waals surface area contributed by atoms with Crippen LogP contribution in [0.25, 0.3) is 0 Å². The molecular formula is C12H24N2. The molecule has 2 rings (SSSR count). The first-order valence-electron chi connectivity index (χ1n) is 6.14. The smallest absolute Gasteiger partial charge is 0.0359 e. The van der Waals surface area contributed by atoms with Crippen LogP contribution < -0.4 is 5.73 Å². The lowest BCUT2D eigenvalue weighted by molar-refractivity contribution is 0.0659. The van der Waals surface area contributed by atoms with Gasteiger partial charge in [-0.2, -0.15) is 0 Å². The first-order valence-corrected chi connectivity index (χ1v) is 6.14. The zero-order valence-electron chi connectivity index (χ0n) is 9.63. The fourth-order valence-electron chi connectivity index (χ4n) is 3.85. The molecule has 2 bridgehead atoms. The maximum absolute atomic E-state index is 6.04. The molecule has 2 nitrogen and oxygen atoms in total. The Bertz CT molecular complexity index is 204. The summed E-state index contributed by atoms with van der Waals surface area (Å²) in [5.74, 6) is 1.89. The second-order valence-corrected chi connectivity index (χ2v) is 5.31. The average Bonchev–Trinajstić information content (AvgIpc) is 2.77. The summed E-state index contributed by atoms with van der Waals surface area (Å²) in [6, 6.07) is 0. The Morgan fingerprint density at radius 3 is 2.64 bits per heavy atom. The highest BCUT2D eigenvalue weighted by Crippen LogP contribution is 2.52. The molecule has 2 aliphatic rings. The van der Waals surface area contributed by atoms with Gasteiger partial charge in [-0.15, -0.1) is 0 Å². The lowest BCUT2D eigenvalue weighted by atomic mass is 9.79. The number of rotatable bonds is 4. The van der Waals surface area contributed by atoms with Crippen LogP contribution in [0.2, 0.25) is 0 Å². The molecule has 3 unspecified atom stereocenters. The van der Waals surface area contributed by atoms with E-state index in [1.165, 1.54) is 38.6 Å². The molecule has 0 amide bonds. The fraction of sp³-hybridized carbons (Fsp3) is 1.00. The summed E-state index contributed by atoms with van der Waals surface area (Å²) in [6.07, 6.45) is 6.95. The summed E-state index contributed by atoms with van der Waals surface area (Å²) in [6.45, 7) is 4.33. The van der Waals surface area contributed by atoms with Crippen LogP contribution in [0.1, 0.15) is 39.0 Å². The maximum atomic E-state index is 6.04. The van der Waals surface area contributed by atoms with E-state index in [0.29, 0.717) is 5.54 Å². The van der Waals surface area contributed by atoms with Crippen LogP contribution >= 0.6 is 0 Å². The zero-order chi connectivity index (χ0) is 10.2. The molecule has 2 aliphatic carbocycles. The Kier molecular flexibility index (Phi) is 2.85. The van der Waals surface area contributed by atoms with Crippen molar-refractivity contribution in [2.75, 3.05) is 20.1 Å². The normalized spacial score (nSPS) is 41.1. The van der Waals surface area contributed by atoms with Crippen LogP contribution in [0.4, 0.5) is 0 Å². The molecule has 0 spiro atoms. The van der Waals surface area contributed by atoms with E-state index < -0.39 is 0 Å². The Morgan fingerprint density at radius 2 is 2.21 bits per heavy atom. The minimum atomic E-state index is 0.374.